The van der Waals surface area contributed by atoms with Gasteiger partial charge in [0, 0.05) is 13.1 Å². The summed E-state index contributed by atoms with van der Waals surface area (Å²) in [5, 5.41) is 7.17. The zero-order valence-corrected chi connectivity index (χ0v) is 12.6. The molecular weight excluding hydrogens is 328 g/mol. The van der Waals surface area contributed by atoms with Gasteiger partial charge in [-0.05, 0) is 34.7 Å². The number of nitrogens with two attached hydrogens (primary N) is 1. The zero-order valence-electron chi connectivity index (χ0n) is 11.0. The van der Waals surface area contributed by atoms with E-state index in [0.717, 1.165) is 0 Å². The molecule has 0 radical (unpaired) electrons. The van der Waals surface area contributed by atoms with E-state index in [-0.39, 0.29) is 12.2 Å². The summed E-state index contributed by atoms with van der Waals surface area (Å²) in [5.74, 6) is 0.0867. The lowest BCUT2D eigenvalue weighted by Gasteiger charge is -2.10. The predicted octanol–water partition coefficient (Wildman–Crippen LogP) is 0.330. The molecule has 1 saturated carbocycles. The maximum Gasteiger partial charge on any atom is 0.283 e. The molecule has 1 aliphatic rings. The fourth-order valence-corrected chi connectivity index (χ4v) is 2.14. The Morgan fingerprint density at radius 2 is 2.35 bits per heavy atom. The Morgan fingerprint density at radius 1 is 1.60 bits per heavy atom. The highest BCUT2D eigenvalue weighted by Crippen LogP contribution is 2.30. The van der Waals surface area contributed by atoms with Gasteiger partial charge in [0.2, 0.25) is 5.91 Å². The minimum absolute atomic E-state index is 0.107. The van der Waals surface area contributed by atoms with Gasteiger partial charge in [0.15, 0.2) is 0 Å². The van der Waals surface area contributed by atoms with Crippen molar-refractivity contribution in [2.75, 3.05) is 25.1 Å². The van der Waals surface area contributed by atoms with Gasteiger partial charge < -0.3 is 15.8 Å². The van der Waals surface area contributed by atoms with Crippen LogP contribution in [0.2, 0.25) is 0 Å². The first-order chi connectivity index (χ1) is 9.58. The number of halogens is 1. The monoisotopic (exact) mass is 344 g/mol. The van der Waals surface area contributed by atoms with Crippen LogP contribution in [0.5, 0.6) is 0 Å². The summed E-state index contributed by atoms with van der Waals surface area (Å²) in [6.45, 7) is 1.35. The minimum Gasteiger partial charge on any atom is -0.380 e. The molecule has 110 valence electrons. The SMILES string of the molecule is NC(=O)COCCNc1cnn(CC2CC2)c(=O)c1Br. The molecule has 1 fully saturated rings. The normalized spacial score (nSPS) is 14.2. The van der Waals surface area contributed by atoms with E-state index in [4.69, 9.17) is 10.5 Å². The summed E-state index contributed by atoms with van der Waals surface area (Å²) in [4.78, 5) is 22.5. The van der Waals surface area contributed by atoms with Crippen LogP contribution in [0, 0.1) is 5.92 Å². The number of ether oxygens (including phenoxy) is 1. The molecule has 0 spiro atoms. The molecule has 0 unspecified atom stereocenters. The third-order valence-corrected chi connectivity index (χ3v) is 3.69. The number of rotatable bonds is 8. The molecule has 0 saturated heterocycles. The molecule has 3 N–H and O–H groups in total. The summed E-state index contributed by atoms with van der Waals surface area (Å²) >= 11 is 3.28. The maximum atomic E-state index is 12.1. The Balaban J connectivity index is 1.86. The van der Waals surface area contributed by atoms with Crippen LogP contribution in [0.25, 0.3) is 0 Å². The van der Waals surface area contributed by atoms with E-state index in [1.54, 1.807) is 6.20 Å². The van der Waals surface area contributed by atoms with Gasteiger partial charge in [0.25, 0.3) is 5.56 Å². The predicted molar refractivity (Wildman–Crippen MR) is 77.4 cm³/mol. The first-order valence-electron chi connectivity index (χ1n) is 6.43. The molecule has 1 aliphatic carbocycles. The highest BCUT2D eigenvalue weighted by Gasteiger charge is 2.23. The second-order valence-corrected chi connectivity index (χ2v) is 5.54. The van der Waals surface area contributed by atoms with E-state index < -0.39 is 5.91 Å². The van der Waals surface area contributed by atoms with Crippen LogP contribution in [-0.2, 0) is 16.1 Å². The van der Waals surface area contributed by atoms with Crippen molar-refractivity contribution in [3.05, 3.63) is 21.0 Å². The number of amides is 1. The molecule has 0 atom stereocenters. The molecule has 1 heterocycles. The lowest BCUT2D eigenvalue weighted by Crippen LogP contribution is -2.26. The topological polar surface area (TPSA) is 99.2 Å². The van der Waals surface area contributed by atoms with Gasteiger partial charge >= 0.3 is 0 Å². The van der Waals surface area contributed by atoms with Crippen LogP contribution < -0.4 is 16.6 Å². The van der Waals surface area contributed by atoms with Crippen LogP contribution >= 0.6 is 15.9 Å². The molecule has 1 aromatic rings. The molecule has 0 aromatic carbocycles. The fraction of sp³-hybridized carbons (Fsp3) is 0.583. The van der Waals surface area contributed by atoms with Crippen LogP contribution in [0.15, 0.2) is 15.5 Å². The summed E-state index contributed by atoms with van der Waals surface area (Å²) < 4.78 is 6.96. The molecule has 1 amide bonds. The number of nitrogens with zero attached hydrogens (tertiary/aromatic N) is 2. The van der Waals surface area contributed by atoms with Gasteiger partial charge in [-0.15, -0.1) is 0 Å². The smallest absolute Gasteiger partial charge is 0.283 e. The second-order valence-electron chi connectivity index (χ2n) is 4.75. The summed E-state index contributed by atoms with van der Waals surface area (Å²) in [7, 11) is 0. The first-order valence-corrected chi connectivity index (χ1v) is 7.22. The van der Waals surface area contributed by atoms with Crippen LogP contribution in [0.1, 0.15) is 12.8 Å². The highest BCUT2D eigenvalue weighted by atomic mass is 79.9. The van der Waals surface area contributed by atoms with Gasteiger partial charge in [-0.3, -0.25) is 9.59 Å². The van der Waals surface area contributed by atoms with Gasteiger partial charge in [-0.1, -0.05) is 0 Å². The third-order valence-electron chi connectivity index (χ3n) is 2.92. The van der Waals surface area contributed by atoms with E-state index in [9.17, 15) is 9.59 Å². The Labute approximate surface area is 124 Å². The van der Waals surface area contributed by atoms with Crippen LogP contribution in [0.4, 0.5) is 5.69 Å². The number of anilines is 1. The van der Waals surface area contributed by atoms with Crippen molar-refractivity contribution in [2.24, 2.45) is 11.7 Å². The molecule has 0 bridgehead atoms. The van der Waals surface area contributed by atoms with Gasteiger partial charge in [-0.25, -0.2) is 4.68 Å². The molecule has 2 rings (SSSR count). The van der Waals surface area contributed by atoms with Gasteiger partial charge in [-0.2, -0.15) is 5.10 Å². The van der Waals surface area contributed by atoms with Crippen LogP contribution in [-0.4, -0.2) is 35.4 Å². The lowest BCUT2D eigenvalue weighted by atomic mass is 10.4. The lowest BCUT2D eigenvalue weighted by molar-refractivity contribution is -0.122. The number of aromatic nitrogens is 2. The number of hydrogen-bond donors (Lipinski definition) is 2. The van der Waals surface area contributed by atoms with E-state index in [0.29, 0.717) is 35.8 Å². The van der Waals surface area contributed by atoms with Crippen molar-refractivity contribution in [1.29, 1.82) is 0 Å². The Kier molecular flexibility index (Phi) is 5.13. The molecule has 8 heteroatoms. The molecule has 1 aromatic heterocycles. The highest BCUT2D eigenvalue weighted by molar-refractivity contribution is 9.10. The largest absolute Gasteiger partial charge is 0.380 e. The average Bonchev–Trinajstić information content (AvgIpc) is 3.21. The van der Waals surface area contributed by atoms with Crippen molar-refractivity contribution in [1.82, 2.24) is 9.78 Å². The maximum absolute atomic E-state index is 12.1. The molecule has 0 aliphatic heterocycles. The van der Waals surface area contributed by atoms with Gasteiger partial charge in [0.05, 0.1) is 18.5 Å². The van der Waals surface area contributed by atoms with Crippen LogP contribution in [0.3, 0.4) is 0 Å². The average molecular weight is 345 g/mol. The van der Waals surface area contributed by atoms with E-state index in [1.807, 2.05) is 0 Å². The van der Waals surface area contributed by atoms with E-state index in [1.165, 1.54) is 17.5 Å². The van der Waals surface area contributed by atoms with Crippen molar-refractivity contribution in [3.63, 3.8) is 0 Å². The molecular formula is C12H17BrN4O3. The number of nitrogens with one attached hydrogen (secondary N) is 1. The second kappa shape index (κ2) is 6.85. The standard InChI is InChI=1S/C12H17BrN4O3/c13-11-9(15-3-4-20-7-10(14)18)5-16-17(12(11)19)6-8-1-2-8/h5,8,15H,1-4,6-7H2,(H2,14,18). The first kappa shape index (κ1) is 15.0. The van der Waals surface area contributed by atoms with Crippen molar-refractivity contribution in [2.45, 2.75) is 19.4 Å². The number of hydrogen-bond acceptors (Lipinski definition) is 5. The van der Waals surface area contributed by atoms with E-state index in [2.05, 4.69) is 26.3 Å². The van der Waals surface area contributed by atoms with Crippen molar-refractivity contribution in [3.8, 4) is 0 Å². The molecule has 20 heavy (non-hydrogen) atoms. The van der Waals surface area contributed by atoms with Crippen molar-refractivity contribution >= 4 is 27.5 Å². The number of carbonyl (C=O) groups is 1. The van der Waals surface area contributed by atoms with Crippen molar-refractivity contribution < 1.29 is 9.53 Å². The van der Waals surface area contributed by atoms with Gasteiger partial charge in [0.1, 0.15) is 11.1 Å². The Hall–Kier alpha value is -1.41. The number of carbonyl (C=O) groups excluding carboxylic acids is 1. The Morgan fingerprint density at radius 3 is 3.00 bits per heavy atom. The Bertz CT molecular complexity index is 542. The number of primary amides is 1. The fourth-order valence-electron chi connectivity index (χ4n) is 1.69. The summed E-state index contributed by atoms with van der Waals surface area (Å²) in [6, 6.07) is 0. The summed E-state index contributed by atoms with van der Waals surface area (Å²) in [5.41, 5.74) is 5.42. The summed E-state index contributed by atoms with van der Waals surface area (Å²) in [6.07, 6.45) is 3.95. The zero-order chi connectivity index (χ0) is 14.5. The molecule has 7 nitrogen and oxygen atoms in total. The van der Waals surface area contributed by atoms with E-state index >= 15 is 0 Å². The third kappa shape index (κ3) is 4.31. The quantitative estimate of drug-likeness (QED) is 0.662. The minimum atomic E-state index is -0.504.